The van der Waals surface area contributed by atoms with Crippen LogP contribution in [0.25, 0.3) is 0 Å². The fraction of sp³-hybridized carbons (Fsp3) is 0.0556. The van der Waals surface area contributed by atoms with Gasteiger partial charge in [-0.15, -0.1) is 0 Å². The van der Waals surface area contributed by atoms with Crippen LogP contribution in [-0.2, 0) is 20.2 Å². The van der Waals surface area contributed by atoms with E-state index in [1.54, 1.807) is 12.1 Å². The molecule has 4 N–H and O–H groups in total. The van der Waals surface area contributed by atoms with Crippen molar-refractivity contribution >= 4 is 67.0 Å². The minimum absolute atomic E-state index is 0.0114. The molecule has 4 amide bonds. The van der Waals surface area contributed by atoms with Crippen molar-refractivity contribution in [3.8, 4) is 23.0 Å². The van der Waals surface area contributed by atoms with Crippen LogP contribution in [0, 0.1) is 0 Å². The summed E-state index contributed by atoms with van der Waals surface area (Å²) in [5.41, 5.74) is 1.09. The van der Waals surface area contributed by atoms with Gasteiger partial charge in [0.2, 0.25) is 0 Å². The maximum atomic E-state index is 13.0. The first-order valence-electron chi connectivity index (χ1n) is 15.5. The third-order valence-electron chi connectivity index (χ3n) is 6.62. The van der Waals surface area contributed by atoms with Crippen molar-refractivity contribution in [2.45, 2.75) is 0 Å². The molecule has 0 atom stereocenters. The molecule has 18 heteroatoms. The van der Waals surface area contributed by atoms with Gasteiger partial charge >= 0.3 is 44.2 Å². The maximum Gasteiger partial charge on any atom is 0.343 e. The molecule has 0 saturated heterocycles. The number of amides is 4. The molecule has 0 unspecified atom stereocenters. The summed E-state index contributed by atoms with van der Waals surface area (Å²) in [6, 6.07) is 27.7. The molecular weight excluding hydrogens is 745 g/mol. The number of hydrogen-bond donors (Lipinski definition) is 4. The average Bonchev–Trinajstić information content (AvgIpc) is 3.07. The van der Waals surface area contributed by atoms with Crippen LogP contribution in [-0.4, -0.2) is 53.3 Å². The number of carbonyl (C=O) groups excluding carboxylic acids is 4. The Kier molecular flexibility index (Phi) is 11.8. The second kappa shape index (κ2) is 16.6. The first kappa shape index (κ1) is 38.3. The molecular formula is C36H30N4O12S2. The minimum Gasteiger partial charge on any atom is -0.423 e. The molecule has 0 bridgehead atoms. The Bertz CT molecular complexity index is 2290. The van der Waals surface area contributed by atoms with Gasteiger partial charge in [-0.2, -0.15) is 16.8 Å². The fourth-order valence-electron chi connectivity index (χ4n) is 4.57. The highest BCUT2D eigenvalue weighted by Gasteiger charge is 2.16. The Hall–Kier alpha value is -6.92. The second-order valence-electron chi connectivity index (χ2n) is 11.2. The number of esters is 2. The largest absolute Gasteiger partial charge is 0.423 e. The van der Waals surface area contributed by atoms with E-state index in [1.807, 2.05) is 0 Å². The second-order valence-corrected chi connectivity index (χ2v) is 14.4. The van der Waals surface area contributed by atoms with Crippen LogP contribution in [0.2, 0.25) is 0 Å². The average molecular weight is 775 g/mol. The lowest BCUT2D eigenvalue weighted by atomic mass is 10.1. The molecule has 16 nitrogen and oxygen atoms in total. The van der Waals surface area contributed by atoms with Crippen LogP contribution in [0.15, 0.2) is 121 Å². The lowest BCUT2D eigenvalue weighted by Gasteiger charge is -2.11. The van der Waals surface area contributed by atoms with Crippen molar-refractivity contribution in [1.82, 2.24) is 0 Å². The number of nitrogens with one attached hydrogen (secondary N) is 4. The predicted octanol–water partition coefficient (Wildman–Crippen LogP) is 6.09. The van der Waals surface area contributed by atoms with Gasteiger partial charge in [0, 0.05) is 47.0 Å². The molecule has 0 aromatic heterocycles. The summed E-state index contributed by atoms with van der Waals surface area (Å²) in [7, 11) is -7.52. The summed E-state index contributed by atoms with van der Waals surface area (Å²) >= 11 is 0. The lowest BCUT2D eigenvalue weighted by Crippen LogP contribution is -2.19. The Morgan fingerprint density at radius 2 is 0.722 bits per heavy atom. The van der Waals surface area contributed by atoms with Crippen LogP contribution in [0.4, 0.5) is 32.3 Å². The molecule has 0 radical (unpaired) electrons. The molecule has 278 valence electrons. The van der Waals surface area contributed by atoms with Crippen molar-refractivity contribution in [2.24, 2.45) is 0 Å². The number of anilines is 4. The third kappa shape index (κ3) is 12.1. The zero-order chi connectivity index (χ0) is 38.9. The number of rotatable bonds is 12. The first-order valence-corrected chi connectivity index (χ1v) is 19.1. The van der Waals surface area contributed by atoms with E-state index in [0.717, 1.165) is 12.5 Å². The highest BCUT2D eigenvalue weighted by Crippen LogP contribution is 2.24. The van der Waals surface area contributed by atoms with Gasteiger partial charge in [-0.3, -0.25) is 0 Å². The van der Waals surface area contributed by atoms with E-state index >= 15 is 0 Å². The monoisotopic (exact) mass is 774 g/mol. The summed E-state index contributed by atoms with van der Waals surface area (Å²) in [6.07, 6.45) is 1.79. The predicted molar refractivity (Wildman–Crippen MR) is 198 cm³/mol. The molecule has 5 aromatic rings. The number of urea groups is 2. The van der Waals surface area contributed by atoms with Crippen molar-refractivity contribution in [1.29, 1.82) is 0 Å². The van der Waals surface area contributed by atoms with Crippen LogP contribution in [0.5, 0.6) is 23.0 Å². The molecule has 5 rings (SSSR count). The highest BCUT2D eigenvalue weighted by atomic mass is 32.2. The van der Waals surface area contributed by atoms with Gasteiger partial charge < -0.3 is 39.1 Å². The third-order valence-corrected chi connectivity index (χ3v) is 7.61. The maximum absolute atomic E-state index is 13.0. The fourth-order valence-corrected chi connectivity index (χ4v) is 5.47. The van der Waals surface area contributed by atoms with Gasteiger partial charge in [-0.25, -0.2) is 19.2 Å². The highest BCUT2D eigenvalue weighted by molar-refractivity contribution is 7.86. The molecule has 0 fully saturated rings. The quantitative estimate of drug-likeness (QED) is 0.0643. The summed E-state index contributed by atoms with van der Waals surface area (Å²) < 4.78 is 66.1. The number of hydrogen-bond acceptors (Lipinski definition) is 12. The van der Waals surface area contributed by atoms with E-state index in [9.17, 15) is 36.0 Å². The smallest absolute Gasteiger partial charge is 0.343 e. The summed E-state index contributed by atoms with van der Waals surface area (Å²) in [5, 5.41) is 10.3. The molecule has 0 spiro atoms. The van der Waals surface area contributed by atoms with Gasteiger partial charge in [-0.1, -0.05) is 30.3 Å². The van der Waals surface area contributed by atoms with Crippen molar-refractivity contribution in [2.75, 3.05) is 33.8 Å². The Labute approximate surface area is 309 Å². The van der Waals surface area contributed by atoms with Crippen molar-refractivity contribution in [3.63, 3.8) is 0 Å². The van der Waals surface area contributed by atoms with E-state index in [-0.39, 0.29) is 56.9 Å². The minimum atomic E-state index is -3.76. The number of benzene rings is 5. The van der Waals surface area contributed by atoms with Gasteiger partial charge in [0.25, 0.3) is 0 Å². The molecule has 0 aliphatic heterocycles. The summed E-state index contributed by atoms with van der Waals surface area (Å²) in [4.78, 5) is 51.1. The van der Waals surface area contributed by atoms with Gasteiger partial charge in [0.1, 0.15) is 23.0 Å². The first-order chi connectivity index (χ1) is 25.6. The molecule has 0 saturated carbocycles. The van der Waals surface area contributed by atoms with E-state index in [4.69, 9.17) is 17.8 Å². The topological polar surface area (TPSA) is 222 Å². The SMILES string of the molecule is CS(=O)(=O)Oc1cccc(NC(=O)Nc2cccc(OC(=O)c3cccc(C(=O)Oc4cccc(NC(=O)Nc5cccc(OS(C)(=O)=O)c5)c4)c3)c2)c1. The van der Waals surface area contributed by atoms with Crippen molar-refractivity contribution in [3.05, 3.63) is 132 Å². The summed E-state index contributed by atoms with van der Waals surface area (Å²) in [5.74, 6) is -1.43. The Balaban J connectivity index is 1.16. The van der Waals surface area contributed by atoms with Gasteiger partial charge in [0.05, 0.1) is 23.6 Å². The zero-order valence-corrected chi connectivity index (χ0v) is 29.9. The normalized spacial score (nSPS) is 11.0. The number of carbonyl (C=O) groups is 4. The van der Waals surface area contributed by atoms with Crippen LogP contribution < -0.4 is 39.1 Å². The van der Waals surface area contributed by atoms with Gasteiger partial charge in [0.15, 0.2) is 0 Å². The molecule has 0 aliphatic carbocycles. The zero-order valence-electron chi connectivity index (χ0n) is 28.3. The molecule has 54 heavy (non-hydrogen) atoms. The molecule has 0 heterocycles. The van der Waals surface area contributed by atoms with Crippen LogP contribution in [0.1, 0.15) is 20.7 Å². The number of ether oxygens (including phenoxy) is 2. The summed E-state index contributed by atoms with van der Waals surface area (Å²) in [6.45, 7) is 0. The molecule has 5 aromatic carbocycles. The van der Waals surface area contributed by atoms with Crippen LogP contribution in [0.3, 0.4) is 0 Å². The standard InChI is InChI=1S/C36H30N4O12S2/c1-53(45,46)51-31-16-6-12-27(21-31)39-35(43)37-25-10-4-14-29(19-25)49-33(41)23-8-3-9-24(18-23)34(42)50-30-15-5-11-26(20-30)38-36(44)40-28-13-7-17-32(22-28)52-54(2,47)48/h3-22H,1-2H3,(H2,37,39,43)(H2,38,40,44). The van der Waals surface area contributed by atoms with E-state index < -0.39 is 44.2 Å². The Morgan fingerprint density at radius 1 is 0.426 bits per heavy atom. The van der Waals surface area contributed by atoms with Crippen molar-refractivity contribution < 1.29 is 53.9 Å². The van der Waals surface area contributed by atoms with Gasteiger partial charge in [-0.05, 0) is 66.7 Å². The molecule has 0 aliphatic rings. The van der Waals surface area contributed by atoms with E-state index in [2.05, 4.69) is 21.3 Å². The Morgan fingerprint density at radius 3 is 1.06 bits per heavy atom. The van der Waals surface area contributed by atoms with Crippen LogP contribution >= 0.6 is 0 Å². The van der Waals surface area contributed by atoms with E-state index in [0.29, 0.717) is 0 Å². The lowest BCUT2D eigenvalue weighted by molar-refractivity contribution is 0.0734. The van der Waals surface area contributed by atoms with E-state index in [1.165, 1.54) is 109 Å².